The van der Waals surface area contributed by atoms with Crippen LogP contribution in [0.2, 0.25) is 0 Å². The highest BCUT2D eigenvalue weighted by Crippen LogP contribution is 2.22. The molecule has 0 aromatic heterocycles. The maximum absolute atomic E-state index is 11.6. The molecule has 1 rings (SSSR count). The molecule has 1 amide bonds. The van der Waals surface area contributed by atoms with Gasteiger partial charge >= 0.3 is 0 Å². The number of hydrogen-bond donors (Lipinski definition) is 1. The highest BCUT2D eigenvalue weighted by Gasteiger charge is 2.27. The summed E-state index contributed by atoms with van der Waals surface area (Å²) in [5.74, 6) is 0.839. The fourth-order valence-electron chi connectivity index (χ4n) is 2.00. The molecular weight excluding hydrogens is 164 g/mol. The molecule has 3 heteroatoms. The van der Waals surface area contributed by atoms with E-state index in [-0.39, 0.29) is 11.9 Å². The summed E-state index contributed by atoms with van der Waals surface area (Å²) in [5, 5.41) is 0. The summed E-state index contributed by atoms with van der Waals surface area (Å²) in [6, 6.07) is 0.0121. The molecule has 3 unspecified atom stereocenters. The SMILES string of the molecule is CC1CCN(C(=O)C(C)N)C(C)C1. The fraction of sp³-hybridized carbons (Fsp3) is 0.900. The van der Waals surface area contributed by atoms with Crippen molar-refractivity contribution in [1.82, 2.24) is 4.90 Å². The summed E-state index contributed by atoms with van der Waals surface area (Å²) < 4.78 is 0. The van der Waals surface area contributed by atoms with E-state index in [1.54, 1.807) is 6.92 Å². The van der Waals surface area contributed by atoms with E-state index >= 15 is 0 Å². The van der Waals surface area contributed by atoms with Gasteiger partial charge in [0.2, 0.25) is 5.91 Å². The molecular formula is C10H20N2O. The Balaban J connectivity index is 2.56. The zero-order valence-corrected chi connectivity index (χ0v) is 8.79. The van der Waals surface area contributed by atoms with Crippen LogP contribution in [0.15, 0.2) is 0 Å². The number of amides is 1. The van der Waals surface area contributed by atoms with E-state index in [0.717, 1.165) is 25.3 Å². The first-order chi connectivity index (χ1) is 6.02. The van der Waals surface area contributed by atoms with Gasteiger partial charge in [0.25, 0.3) is 0 Å². The maximum atomic E-state index is 11.6. The van der Waals surface area contributed by atoms with E-state index in [4.69, 9.17) is 5.73 Å². The van der Waals surface area contributed by atoms with E-state index in [2.05, 4.69) is 13.8 Å². The van der Waals surface area contributed by atoms with Gasteiger partial charge in [0.1, 0.15) is 0 Å². The first-order valence-electron chi connectivity index (χ1n) is 5.08. The van der Waals surface area contributed by atoms with E-state index in [1.165, 1.54) is 0 Å². The van der Waals surface area contributed by atoms with Gasteiger partial charge < -0.3 is 10.6 Å². The quantitative estimate of drug-likeness (QED) is 0.660. The topological polar surface area (TPSA) is 46.3 Å². The van der Waals surface area contributed by atoms with Gasteiger partial charge in [-0.2, -0.15) is 0 Å². The number of likely N-dealkylation sites (tertiary alicyclic amines) is 1. The van der Waals surface area contributed by atoms with Crippen LogP contribution >= 0.6 is 0 Å². The minimum absolute atomic E-state index is 0.0967. The van der Waals surface area contributed by atoms with E-state index in [9.17, 15) is 4.79 Å². The van der Waals surface area contributed by atoms with Crippen LogP contribution in [0.5, 0.6) is 0 Å². The van der Waals surface area contributed by atoms with Gasteiger partial charge in [0.05, 0.1) is 6.04 Å². The predicted octanol–water partition coefficient (Wildman–Crippen LogP) is 0.981. The molecule has 0 saturated carbocycles. The fourth-order valence-corrected chi connectivity index (χ4v) is 2.00. The van der Waals surface area contributed by atoms with Gasteiger partial charge in [-0.25, -0.2) is 0 Å². The first-order valence-corrected chi connectivity index (χ1v) is 5.08. The van der Waals surface area contributed by atoms with Crippen LogP contribution in [0, 0.1) is 5.92 Å². The molecule has 1 aliphatic rings. The lowest BCUT2D eigenvalue weighted by Crippen LogP contribution is -2.49. The Hall–Kier alpha value is -0.570. The molecule has 13 heavy (non-hydrogen) atoms. The average molecular weight is 184 g/mol. The summed E-state index contributed by atoms with van der Waals surface area (Å²) in [5.41, 5.74) is 5.57. The number of piperidine rings is 1. The van der Waals surface area contributed by atoms with Crippen LogP contribution in [0.3, 0.4) is 0 Å². The van der Waals surface area contributed by atoms with Crippen molar-refractivity contribution in [2.24, 2.45) is 11.7 Å². The second-order valence-corrected chi connectivity index (χ2v) is 4.30. The number of carbonyl (C=O) groups is 1. The molecule has 1 heterocycles. The Morgan fingerprint density at radius 2 is 2.15 bits per heavy atom. The zero-order valence-electron chi connectivity index (χ0n) is 8.79. The van der Waals surface area contributed by atoms with Crippen LogP contribution in [-0.4, -0.2) is 29.4 Å². The molecule has 2 N–H and O–H groups in total. The molecule has 0 aliphatic carbocycles. The molecule has 0 radical (unpaired) electrons. The average Bonchev–Trinajstić information content (AvgIpc) is 2.03. The summed E-state index contributed by atoms with van der Waals surface area (Å²) in [6.07, 6.45) is 2.22. The van der Waals surface area contributed by atoms with Gasteiger partial charge in [0.15, 0.2) is 0 Å². The molecule has 0 aromatic rings. The lowest BCUT2D eigenvalue weighted by Gasteiger charge is -2.37. The number of rotatable bonds is 1. The minimum atomic E-state index is -0.351. The second-order valence-electron chi connectivity index (χ2n) is 4.30. The van der Waals surface area contributed by atoms with Crippen molar-refractivity contribution in [3.8, 4) is 0 Å². The van der Waals surface area contributed by atoms with Crippen molar-refractivity contribution < 1.29 is 4.79 Å². The molecule has 0 spiro atoms. The zero-order chi connectivity index (χ0) is 10.0. The number of nitrogens with two attached hydrogens (primary N) is 1. The summed E-state index contributed by atoms with van der Waals surface area (Å²) in [4.78, 5) is 13.5. The van der Waals surface area contributed by atoms with Crippen LogP contribution in [-0.2, 0) is 4.79 Å². The Morgan fingerprint density at radius 3 is 2.62 bits per heavy atom. The maximum Gasteiger partial charge on any atom is 0.239 e. The van der Waals surface area contributed by atoms with Crippen molar-refractivity contribution in [3.05, 3.63) is 0 Å². The molecule has 76 valence electrons. The van der Waals surface area contributed by atoms with Gasteiger partial charge in [-0.1, -0.05) is 6.92 Å². The number of carbonyl (C=O) groups excluding carboxylic acids is 1. The van der Waals surface area contributed by atoms with Crippen molar-refractivity contribution in [2.75, 3.05) is 6.54 Å². The standard InChI is InChI=1S/C10H20N2O/c1-7-4-5-12(8(2)6-7)10(13)9(3)11/h7-9H,4-6,11H2,1-3H3. The summed E-state index contributed by atoms with van der Waals surface area (Å²) >= 11 is 0. The third-order valence-electron chi connectivity index (χ3n) is 2.81. The summed E-state index contributed by atoms with van der Waals surface area (Å²) in [7, 11) is 0. The van der Waals surface area contributed by atoms with Crippen molar-refractivity contribution >= 4 is 5.91 Å². The van der Waals surface area contributed by atoms with Crippen molar-refractivity contribution in [2.45, 2.75) is 45.7 Å². The van der Waals surface area contributed by atoms with Gasteiger partial charge in [-0.05, 0) is 32.6 Å². The second kappa shape index (κ2) is 4.09. The minimum Gasteiger partial charge on any atom is -0.339 e. The van der Waals surface area contributed by atoms with Crippen molar-refractivity contribution in [1.29, 1.82) is 0 Å². The Morgan fingerprint density at radius 1 is 1.54 bits per heavy atom. The highest BCUT2D eigenvalue weighted by molar-refractivity contribution is 5.81. The lowest BCUT2D eigenvalue weighted by molar-refractivity contribution is -0.136. The van der Waals surface area contributed by atoms with Crippen LogP contribution in [0.4, 0.5) is 0 Å². The predicted molar refractivity (Wildman–Crippen MR) is 53.2 cm³/mol. The Bertz CT molecular complexity index is 191. The van der Waals surface area contributed by atoms with E-state index in [0.29, 0.717) is 6.04 Å². The van der Waals surface area contributed by atoms with Crippen LogP contribution in [0.1, 0.15) is 33.6 Å². The highest BCUT2D eigenvalue weighted by atomic mass is 16.2. The smallest absolute Gasteiger partial charge is 0.239 e. The number of nitrogens with zero attached hydrogens (tertiary/aromatic N) is 1. The van der Waals surface area contributed by atoms with E-state index < -0.39 is 0 Å². The molecule has 0 aromatic carbocycles. The molecule has 1 aliphatic heterocycles. The molecule has 1 saturated heterocycles. The molecule has 3 nitrogen and oxygen atoms in total. The molecule has 1 fully saturated rings. The van der Waals surface area contributed by atoms with Crippen LogP contribution in [0.25, 0.3) is 0 Å². The Kier molecular flexibility index (Phi) is 3.31. The van der Waals surface area contributed by atoms with Gasteiger partial charge in [-0.3, -0.25) is 4.79 Å². The van der Waals surface area contributed by atoms with E-state index in [1.807, 2.05) is 4.90 Å². The first kappa shape index (κ1) is 10.5. The molecule has 0 bridgehead atoms. The molecule has 3 atom stereocenters. The number of hydrogen-bond acceptors (Lipinski definition) is 2. The Labute approximate surface area is 80.3 Å². The third kappa shape index (κ3) is 2.44. The normalized spacial score (nSPS) is 31.5. The monoisotopic (exact) mass is 184 g/mol. The third-order valence-corrected chi connectivity index (χ3v) is 2.81. The van der Waals surface area contributed by atoms with Gasteiger partial charge in [0, 0.05) is 12.6 Å². The summed E-state index contributed by atoms with van der Waals surface area (Å²) in [6.45, 7) is 6.98. The van der Waals surface area contributed by atoms with Crippen LogP contribution < -0.4 is 5.73 Å². The largest absolute Gasteiger partial charge is 0.339 e. The van der Waals surface area contributed by atoms with Gasteiger partial charge in [-0.15, -0.1) is 0 Å². The van der Waals surface area contributed by atoms with Crippen molar-refractivity contribution in [3.63, 3.8) is 0 Å². The lowest BCUT2D eigenvalue weighted by atomic mass is 9.93.